The molecule has 0 radical (unpaired) electrons. The second-order valence-electron chi connectivity index (χ2n) is 7.60. The molecule has 3 fully saturated rings. The van der Waals surface area contributed by atoms with E-state index < -0.39 is 5.97 Å². The molecule has 0 aromatic heterocycles. The van der Waals surface area contributed by atoms with Crippen LogP contribution in [-0.2, 0) is 10.2 Å². The lowest BCUT2D eigenvalue weighted by Gasteiger charge is -2.50. The van der Waals surface area contributed by atoms with Crippen molar-refractivity contribution in [1.82, 2.24) is 0 Å². The van der Waals surface area contributed by atoms with Gasteiger partial charge in [-0.3, -0.25) is 4.79 Å². The first kappa shape index (κ1) is 14.1. The van der Waals surface area contributed by atoms with Crippen molar-refractivity contribution in [3.8, 4) is 5.75 Å². The average Bonchev–Trinajstić information content (AvgIpc) is 3.11. The summed E-state index contributed by atoms with van der Waals surface area (Å²) in [6.07, 6.45) is 6.49. The van der Waals surface area contributed by atoms with Gasteiger partial charge in [0.25, 0.3) is 0 Å². The van der Waals surface area contributed by atoms with Gasteiger partial charge in [0.2, 0.25) is 0 Å². The fourth-order valence-corrected chi connectivity index (χ4v) is 5.96. The van der Waals surface area contributed by atoms with Crippen molar-refractivity contribution < 1.29 is 14.6 Å². The largest absolute Gasteiger partial charge is 0.497 e. The summed E-state index contributed by atoms with van der Waals surface area (Å²) in [5, 5.41) is 9.57. The number of fused-ring (bicyclic) bond motifs is 1. The van der Waals surface area contributed by atoms with Crippen LogP contribution >= 0.6 is 0 Å². The van der Waals surface area contributed by atoms with Crippen molar-refractivity contribution in [1.29, 1.82) is 0 Å². The molecule has 1 aromatic rings. The van der Waals surface area contributed by atoms with Crippen molar-refractivity contribution in [3.05, 3.63) is 29.8 Å². The summed E-state index contributed by atoms with van der Waals surface area (Å²) >= 11 is 0. The minimum Gasteiger partial charge on any atom is -0.497 e. The molecule has 5 unspecified atom stereocenters. The molecule has 22 heavy (non-hydrogen) atoms. The van der Waals surface area contributed by atoms with Crippen LogP contribution in [0.3, 0.4) is 0 Å². The second-order valence-corrected chi connectivity index (χ2v) is 7.60. The molecule has 0 saturated heterocycles. The van der Waals surface area contributed by atoms with Crippen LogP contribution in [0.1, 0.15) is 44.1 Å². The van der Waals surface area contributed by atoms with Crippen molar-refractivity contribution in [2.45, 2.75) is 43.9 Å². The Balaban J connectivity index is 1.74. The summed E-state index contributed by atoms with van der Waals surface area (Å²) in [7, 11) is 1.67. The van der Waals surface area contributed by atoms with Gasteiger partial charge in [0.05, 0.1) is 13.5 Å². The summed E-state index contributed by atoms with van der Waals surface area (Å²) in [6, 6.07) is 8.18. The van der Waals surface area contributed by atoms with Gasteiger partial charge in [-0.15, -0.1) is 0 Å². The number of methoxy groups -OCH3 is 1. The minimum absolute atomic E-state index is 0.158. The molecule has 3 heteroatoms. The Morgan fingerprint density at radius 1 is 1.27 bits per heavy atom. The number of hydrogen-bond acceptors (Lipinski definition) is 2. The highest BCUT2D eigenvalue weighted by Gasteiger charge is 2.58. The van der Waals surface area contributed by atoms with E-state index in [1.807, 2.05) is 12.1 Å². The Hall–Kier alpha value is -1.51. The SMILES string of the molecule is COc1ccc(C2(CC(=O)O)CCC3CC4CC3C2C4)cc1. The van der Waals surface area contributed by atoms with Gasteiger partial charge in [-0.25, -0.2) is 0 Å². The van der Waals surface area contributed by atoms with Gasteiger partial charge in [0.15, 0.2) is 0 Å². The summed E-state index contributed by atoms with van der Waals surface area (Å²) in [4.78, 5) is 11.6. The molecule has 0 amide bonds. The number of carbonyl (C=O) groups is 1. The van der Waals surface area contributed by atoms with Crippen LogP contribution in [0.5, 0.6) is 5.75 Å². The Morgan fingerprint density at radius 2 is 2.05 bits per heavy atom. The highest BCUT2D eigenvalue weighted by atomic mass is 16.5. The molecule has 2 bridgehead atoms. The lowest BCUT2D eigenvalue weighted by atomic mass is 9.54. The third kappa shape index (κ3) is 1.98. The average molecular weight is 300 g/mol. The molecule has 3 saturated carbocycles. The van der Waals surface area contributed by atoms with Gasteiger partial charge in [-0.1, -0.05) is 12.1 Å². The first-order valence-electron chi connectivity index (χ1n) is 8.49. The summed E-state index contributed by atoms with van der Waals surface area (Å²) in [5.74, 6) is 3.23. The van der Waals surface area contributed by atoms with E-state index >= 15 is 0 Å². The highest BCUT2D eigenvalue weighted by molar-refractivity contribution is 5.69. The van der Waals surface area contributed by atoms with Gasteiger partial charge in [0.1, 0.15) is 5.75 Å². The smallest absolute Gasteiger partial charge is 0.304 e. The van der Waals surface area contributed by atoms with E-state index in [1.54, 1.807) is 7.11 Å². The Labute approximate surface area is 131 Å². The van der Waals surface area contributed by atoms with Gasteiger partial charge >= 0.3 is 5.97 Å². The lowest BCUT2D eigenvalue weighted by molar-refractivity contribution is -0.140. The number of carboxylic acids is 1. The maximum absolute atomic E-state index is 11.6. The van der Waals surface area contributed by atoms with E-state index in [9.17, 15) is 9.90 Å². The highest BCUT2D eigenvalue weighted by Crippen LogP contribution is 2.64. The predicted octanol–water partition coefficient (Wildman–Crippen LogP) is 3.86. The lowest BCUT2D eigenvalue weighted by Crippen LogP contribution is -2.46. The predicted molar refractivity (Wildman–Crippen MR) is 84.0 cm³/mol. The fourth-order valence-electron chi connectivity index (χ4n) is 5.96. The van der Waals surface area contributed by atoms with E-state index in [1.165, 1.54) is 31.2 Å². The molecule has 0 heterocycles. The zero-order valence-electron chi connectivity index (χ0n) is 13.1. The quantitative estimate of drug-likeness (QED) is 0.918. The van der Waals surface area contributed by atoms with Crippen LogP contribution in [0, 0.1) is 23.7 Å². The molecule has 0 spiro atoms. The number of rotatable bonds is 4. The first-order valence-corrected chi connectivity index (χ1v) is 8.49. The molecule has 5 atom stereocenters. The standard InChI is InChI=1S/C19H24O3/c1-22-15-4-2-14(3-5-15)19(11-18(20)21)7-6-13-8-12-9-16(13)17(19)10-12/h2-5,12-13,16-17H,6-11H2,1H3,(H,20,21). The topological polar surface area (TPSA) is 46.5 Å². The van der Waals surface area contributed by atoms with Crippen LogP contribution in [0.2, 0.25) is 0 Å². The molecule has 0 aliphatic heterocycles. The number of ether oxygens (including phenoxy) is 1. The molecule has 118 valence electrons. The molecule has 3 nitrogen and oxygen atoms in total. The Morgan fingerprint density at radius 3 is 2.68 bits per heavy atom. The van der Waals surface area contributed by atoms with E-state index in [0.29, 0.717) is 5.92 Å². The van der Waals surface area contributed by atoms with Crippen LogP contribution in [0.15, 0.2) is 24.3 Å². The number of aliphatic carboxylic acids is 1. The van der Waals surface area contributed by atoms with Crippen molar-refractivity contribution >= 4 is 5.97 Å². The zero-order chi connectivity index (χ0) is 15.3. The second kappa shape index (κ2) is 5.00. The van der Waals surface area contributed by atoms with E-state index in [2.05, 4.69) is 12.1 Å². The van der Waals surface area contributed by atoms with Crippen LogP contribution in [-0.4, -0.2) is 18.2 Å². The summed E-state index contributed by atoms with van der Waals surface area (Å²) in [5.41, 5.74) is 1.06. The minimum atomic E-state index is -0.656. The number of hydrogen-bond donors (Lipinski definition) is 1. The Kier molecular flexibility index (Phi) is 3.21. The first-order chi connectivity index (χ1) is 10.6. The molecular weight excluding hydrogens is 276 g/mol. The van der Waals surface area contributed by atoms with E-state index in [0.717, 1.165) is 29.9 Å². The summed E-state index contributed by atoms with van der Waals surface area (Å²) < 4.78 is 5.26. The molecular formula is C19H24O3. The fraction of sp³-hybridized carbons (Fsp3) is 0.632. The van der Waals surface area contributed by atoms with Gasteiger partial charge < -0.3 is 9.84 Å². The molecule has 3 aliphatic rings. The van der Waals surface area contributed by atoms with E-state index in [-0.39, 0.29) is 11.8 Å². The van der Waals surface area contributed by atoms with Crippen molar-refractivity contribution in [2.24, 2.45) is 23.7 Å². The van der Waals surface area contributed by atoms with Crippen LogP contribution in [0.4, 0.5) is 0 Å². The number of benzene rings is 1. The molecule has 4 rings (SSSR count). The van der Waals surface area contributed by atoms with Crippen molar-refractivity contribution in [3.63, 3.8) is 0 Å². The van der Waals surface area contributed by atoms with Crippen LogP contribution < -0.4 is 4.74 Å². The van der Waals surface area contributed by atoms with Gasteiger partial charge in [0, 0.05) is 5.41 Å². The Bertz CT molecular complexity index is 579. The third-order valence-electron chi connectivity index (χ3n) is 6.75. The van der Waals surface area contributed by atoms with Crippen molar-refractivity contribution in [2.75, 3.05) is 7.11 Å². The molecule has 3 aliphatic carbocycles. The normalized spacial score (nSPS) is 39.0. The monoisotopic (exact) mass is 300 g/mol. The van der Waals surface area contributed by atoms with Gasteiger partial charge in [-0.05, 0) is 73.5 Å². The molecule has 1 aromatic carbocycles. The molecule has 1 N–H and O–H groups in total. The summed E-state index contributed by atoms with van der Waals surface area (Å²) in [6.45, 7) is 0. The maximum atomic E-state index is 11.6. The zero-order valence-corrected chi connectivity index (χ0v) is 13.1. The number of carboxylic acid groups (broad SMARTS) is 1. The van der Waals surface area contributed by atoms with E-state index in [4.69, 9.17) is 4.74 Å². The maximum Gasteiger partial charge on any atom is 0.304 e. The van der Waals surface area contributed by atoms with Gasteiger partial charge in [-0.2, -0.15) is 0 Å². The van der Waals surface area contributed by atoms with Crippen LogP contribution in [0.25, 0.3) is 0 Å². The third-order valence-corrected chi connectivity index (χ3v) is 6.75.